The van der Waals surface area contributed by atoms with Crippen LogP contribution >= 0.6 is 0 Å². The van der Waals surface area contributed by atoms with Gasteiger partial charge in [-0.05, 0) is 42.0 Å². The molecule has 0 amide bonds. The number of ether oxygens (including phenoxy) is 1. The van der Waals surface area contributed by atoms with Gasteiger partial charge in [0.1, 0.15) is 23.0 Å². The Labute approximate surface area is 249 Å². The predicted molar refractivity (Wildman–Crippen MR) is 177 cm³/mol. The number of para-hydroxylation sites is 2. The summed E-state index contributed by atoms with van der Waals surface area (Å²) in [7, 11) is 0. The van der Waals surface area contributed by atoms with Crippen molar-refractivity contribution in [3.05, 3.63) is 163 Å². The van der Waals surface area contributed by atoms with Gasteiger partial charge in [-0.15, -0.1) is 0 Å². The van der Waals surface area contributed by atoms with Gasteiger partial charge in [0.05, 0.1) is 16.8 Å². The number of anilines is 3. The lowest BCUT2D eigenvalue weighted by molar-refractivity contribution is 0.281. The Bertz CT molecular complexity index is 2230. The minimum absolute atomic E-state index is 0.0764. The first-order valence-electron chi connectivity index (χ1n) is 14.8. The average molecular weight is 554 g/mol. The van der Waals surface area contributed by atoms with E-state index in [1.165, 1.54) is 16.7 Å². The van der Waals surface area contributed by atoms with E-state index in [2.05, 4.69) is 144 Å². The smallest absolute Gasteiger partial charge is 0.137 e. The SMILES string of the molecule is C1=CC2c3cc(N(c4ccccc4)c4cccc5oc6ccccc6c45)c4ccccc4c3OC2C(c2ccccc2)=C1. The van der Waals surface area contributed by atoms with E-state index in [0.29, 0.717) is 0 Å². The van der Waals surface area contributed by atoms with Crippen LogP contribution in [0, 0.1) is 0 Å². The second-order valence-electron chi connectivity index (χ2n) is 11.2. The molecule has 0 radical (unpaired) electrons. The maximum Gasteiger partial charge on any atom is 0.137 e. The van der Waals surface area contributed by atoms with E-state index in [1.54, 1.807) is 0 Å². The number of hydrogen-bond donors (Lipinski definition) is 0. The molecule has 204 valence electrons. The van der Waals surface area contributed by atoms with Gasteiger partial charge >= 0.3 is 0 Å². The number of benzene rings is 6. The molecular weight excluding hydrogens is 526 g/mol. The second kappa shape index (κ2) is 9.50. The van der Waals surface area contributed by atoms with Gasteiger partial charge in [-0.3, -0.25) is 0 Å². The largest absolute Gasteiger partial charge is 0.484 e. The molecule has 0 saturated carbocycles. The fraction of sp³-hybridized carbons (Fsp3) is 0.0500. The van der Waals surface area contributed by atoms with Crippen LogP contribution in [0.15, 0.2) is 156 Å². The fourth-order valence-corrected chi connectivity index (χ4v) is 6.93. The fourth-order valence-electron chi connectivity index (χ4n) is 6.93. The molecule has 1 aliphatic heterocycles. The van der Waals surface area contributed by atoms with Gasteiger partial charge in [-0.2, -0.15) is 0 Å². The number of rotatable bonds is 4. The van der Waals surface area contributed by atoms with Crippen molar-refractivity contribution in [2.45, 2.75) is 12.0 Å². The highest BCUT2D eigenvalue weighted by molar-refractivity contribution is 6.15. The van der Waals surface area contributed by atoms with Crippen molar-refractivity contribution in [1.82, 2.24) is 0 Å². The molecule has 1 aromatic heterocycles. The topological polar surface area (TPSA) is 25.6 Å². The molecule has 9 rings (SSSR count). The molecule has 0 saturated heterocycles. The second-order valence-corrected chi connectivity index (χ2v) is 11.2. The van der Waals surface area contributed by atoms with Crippen LogP contribution in [0.5, 0.6) is 5.75 Å². The highest BCUT2D eigenvalue weighted by Crippen LogP contribution is 2.53. The third kappa shape index (κ3) is 3.68. The molecular formula is C40H27NO2. The average Bonchev–Trinajstić information content (AvgIpc) is 3.65. The lowest BCUT2D eigenvalue weighted by Gasteiger charge is -2.28. The monoisotopic (exact) mass is 553 g/mol. The lowest BCUT2D eigenvalue weighted by Crippen LogP contribution is -2.21. The van der Waals surface area contributed by atoms with Crippen molar-refractivity contribution in [1.29, 1.82) is 0 Å². The summed E-state index contributed by atoms with van der Waals surface area (Å²) >= 11 is 0. The summed E-state index contributed by atoms with van der Waals surface area (Å²) < 4.78 is 13.2. The Morgan fingerprint density at radius 2 is 1.28 bits per heavy atom. The molecule has 2 unspecified atom stereocenters. The molecule has 7 aromatic rings. The Morgan fingerprint density at radius 3 is 2.12 bits per heavy atom. The van der Waals surface area contributed by atoms with E-state index in [-0.39, 0.29) is 12.0 Å². The zero-order valence-electron chi connectivity index (χ0n) is 23.4. The highest BCUT2D eigenvalue weighted by atomic mass is 16.5. The van der Waals surface area contributed by atoms with Crippen molar-refractivity contribution in [2.75, 3.05) is 4.90 Å². The molecule has 3 heteroatoms. The summed E-state index contributed by atoms with van der Waals surface area (Å²) in [5.41, 5.74) is 8.67. The Kier molecular flexibility index (Phi) is 5.32. The number of allylic oxidation sites excluding steroid dienone is 2. The molecule has 0 spiro atoms. The van der Waals surface area contributed by atoms with Crippen molar-refractivity contribution in [2.24, 2.45) is 0 Å². The maximum absolute atomic E-state index is 6.90. The predicted octanol–water partition coefficient (Wildman–Crippen LogP) is 10.7. The molecule has 2 aliphatic rings. The third-order valence-electron chi connectivity index (χ3n) is 8.82. The van der Waals surface area contributed by atoms with Gasteiger partial charge in [-0.25, -0.2) is 0 Å². The molecule has 0 N–H and O–H groups in total. The molecule has 2 atom stereocenters. The van der Waals surface area contributed by atoms with Crippen molar-refractivity contribution in [3.8, 4) is 5.75 Å². The van der Waals surface area contributed by atoms with Gasteiger partial charge in [0.15, 0.2) is 0 Å². The van der Waals surface area contributed by atoms with E-state index >= 15 is 0 Å². The quantitative estimate of drug-likeness (QED) is 0.217. The van der Waals surface area contributed by atoms with Crippen LogP contribution in [-0.4, -0.2) is 6.10 Å². The number of nitrogens with zero attached hydrogens (tertiary/aromatic N) is 1. The van der Waals surface area contributed by atoms with Crippen LogP contribution in [0.2, 0.25) is 0 Å². The van der Waals surface area contributed by atoms with Crippen molar-refractivity contribution >= 4 is 55.3 Å². The Hall–Kier alpha value is -5.54. The van der Waals surface area contributed by atoms with Gasteiger partial charge in [0.2, 0.25) is 0 Å². The summed E-state index contributed by atoms with van der Waals surface area (Å²) in [4.78, 5) is 2.39. The standard InChI is InChI=1S/C40H27NO2/c1-3-13-26(14-4-1)28-20-11-21-31-33-25-35(29-17-7-8-18-30(29)40(33)43-39(28)31)41(27-15-5-2-6-16-27)34-22-12-24-37-38(34)32-19-9-10-23-36(32)42-37/h1-25,31,39H. The molecule has 6 aromatic carbocycles. The molecule has 1 aliphatic carbocycles. The minimum atomic E-state index is -0.0764. The van der Waals surface area contributed by atoms with Crippen LogP contribution in [-0.2, 0) is 0 Å². The summed E-state index contributed by atoms with van der Waals surface area (Å²) in [6.07, 6.45) is 6.60. The van der Waals surface area contributed by atoms with E-state index in [9.17, 15) is 0 Å². The first-order chi connectivity index (χ1) is 21.3. The molecule has 43 heavy (non-hydrogen) atoms. The van der Waals surface area contributed by atoms with E-state index in [1.807, 2.05) is 12.1 Å². The van der Waals surface area contributed by atoms with Gasteiger partial charge < -0.3 is 14.1 Å². The summed E-state index contributed by atoms with van der Waals surface area (Å²) in [5.74, 6) is 1.09. The van der Waals surface area contributed by atoms with Crippen molar-refractivity contribution < 1.29 is 9.15 Å². The first-order valence-corrected chi connectivity index (χ1v) is 14.8. The molecule has 2 heterocycles. The van der Waals surface area contributed by atoms with Gasteiger partial charge in [-0.1, -0.05) is 115 Å². The van der Waals surface area contributed by atoms with E-state index in [0.717, 1.165) is 55.5 Å². The van der Waals surface area contributed by atoms with Crippen LogP contribution in [0.1, 0.15) is 17.0 Å². The molecule has 0 bridgehead atoms. The zero-order chi connectivity index (χ0) is 28.3. The molecule has 0 fully saturated rings. The number of furan rings is 1. The molecule has 3 nitrogen and oxygen atoms in total. The van der Waals surface area contributed by atoms with Crippen molar-refractivity contribution in [3.63, 3.8) is 0 Å². The Balaban J connectivity index is 1.31. The first kappa shape index (κ1) is 24.1. The highest BCUT2D eigenvalue weighted by Gasteiger charge is 2.39. The van der Waals surface area contributed by atoms with Crippen LogP contribution in [0.4, 0.5) is 17.1 Å². The minimum Gasteiger partial charge on any atom is -0.484 e. The summed E-state index contributed by atoms with van der Waals surface area (Å²) in [6, 6.07) is 46.9. The zero-order valence-corrected chi connectivity index (χ0v) is 23.4. The number of fused-ring (bicyclic) bond motifs is 8. The van der Waals surface area contributed by atoms with Crippen LogP contribution < -0.4 is 9.64 Å². The Morgan fingerprint density at radius 1 is 0.581 bits per heavy atom. The normalized spacial score (nSPS) is 17.1. The van der Waals surface area contributed by atoms with E-state index in [4.69, 9.17) is 9.15 Å². The number of hydrogen-bond acceptors (Lipinski definition) is 3. The van der Waals surface area contributed by atoms with Crippen LogP contribution in [0.3, 0.4) is 0 Å². The maximum atomic E-state index is 6.90. The van der Waals surface area contributed by atoms with Gasteiger partial charge in [0.25, 0.3) is 0 Å². The lowest BCUT2D eigenvalue weighted by atomic mass is 9.83. The summed E-state index contributed by atoms with van der Waals surface area (Å²) in [5, 5.41) is 4.47. The van der Waals surface area contributed by atoms with E-state index < -0.39 is 0 Å². The van der Waals surface area contributed by atoms with Crippen LogP contribution in [0.25, 0.3) is 38.3 Å². The van der Waals surface area contributed by atoms with Gasteiger partial charge in [0, 0.05) is 38.9 Å². The summed E-state index contributed by atoms with van der Waals surface area (Å²) in [6.45, 7) is 0. The third-order valence-corrected chi connectivity index (χ3v) is 8.82.